The van der Waals surface area contributed by atoms with E-state index in [1.807, 2.05) is 30.5 Å². The van der Waals surface area contributed by atoms with E-state index in [9.17, 15) is 14.4 Å². The molecular formula is C18H18N2O3S. The van der Waals surface area contributed by atoms with Crippen molar-refractivity contribution in [2.75, 3.05) is 0 Å². The van der Waals surface area contributed by atoms with Gasteiger partial charge in [-0.2, -0.15) is 0 Å². The molecule has 6 heteroatoms. The zero-order valence-corrected chi connectivity index (χ0v) is 14.1. The summed E-state index contributed by atoms with van der Waals surface area (Å²) < 4.78 is 0. The second-order valence-electron chi connectivity index (χ2n) is 5.92. The molecule has 1 atom stereocenters. The standard InChI is InChI=1S/C18H18N2O3S/c1-11-6-7-24-15(11)10-19-17(22)13-4-2-12(3-5-13)8-14-9-16(21)20-18(14)23/h2-7,14H,8-10H2,1H3,(H,19,22)(H,20,21,23). The summed E-state index contributed by atoms with van der Waals surface area (Å²) in [6.07, 6.45) is 0.745. The van der Waals surface area contributed by atoms with Gasteiger partial charge in [0.25, 0.3) is 5.91 Å². The van der Waals surface area contributed by atoms with Gasteiger partial charge in [0, 0.05) is 16.9 Å². The van der Waals surface area contributed by atoms with Gasteiger partial charge in [0.1, 0.15) is 0 Å². The molecule has 1 saturated heterocycles. The number of amides is 3. The molecule has 124 valence electrons. The summed E-state index contributed by atoms with van der Waals surface area (Å²) in [6.45, 7) is 2.55. The van der Waals surface area contributed by atoms with Crippen LogP contribution in [0.25, 0.3) is 0 Å². The number of carbonyl (C=O) groups is 3. The Kier molecular flexibility index (Phi) is 4.76. The molecule has 1 unspecified atom stereocenters. The second kappa shape index (κ2) is 6.97. The first kappa shape index (κ1) is 16.4. The van der Waals surface area contributed by atoms with Gasteiger partial charge < -0.3 is 5.32 Å². The lowest BCUT2D eigenvalue weighted by Crippen LogP contribution is -2.23. The fourth-order valence-corrected chi connectivity index (χ4v) is 3.54. The summed E-state index contributed by atoms with van der Waals surface area (Å²) in [7, 11) is 0. The number of hydrogen-bond acceptors (Lipinski definition) is 4. The highest BCUT2D eigenvalue weighted by Gasteiger charge is 2.30. The molecule has 2 aromatic rings. The van der Waals surface area contributed by atoms with Crippen LogP contribution in [0.3, 0.4) is 0 Å². The molecular weight excluding hydrogens is 324 g/mol. The summed E-state index contributed by atoms with van der Waals surface area (Å²) in [6, 6.07) is 9.20. The van der Waals surface area contributed by atoms with E-state index < -0.39 is 0 Å². The van der Waals surface area contributed by atoms with E-state index in [4.69, 9.17) is 0 Å². The first-order valence-electron chi connectivity index (χ1n) is 7.76. The molecule has 1 aromatic heterocycles. The highest BCUT2D eigenvalue weighted by molar-refractivity contribution is 7.10. The fourth-order valence-electron chi connectivity index (χ4n) is 2.70. The molecule has 1 fully saturated rings. The molecule has 24 heavy (non-hydrogen) atoms. The van der Waals surface area contributed by atoms with E-state index in [-0.39, 0.29) is 30.1 Å². The molecule has 0 radical (unpaired) electrons. The van der Waals surface area contributed by atoms with Crippen LogP contribution >= 0.6 is 11.3 Å². The van der Waals surface area contributed by atoms with E-state index in [0.717, 1.165) is 10.4 Å². The van der Waals surface area contributed by atoms with Gasteiger partial charge >= 0.3 is 0 Å². The molecule has 2 heterocycles. The van der Waals surface area contributed by atoms with Crippen LogP contribution in [0.15, 0.2) is 35.7 Å². The summed E-state index contributed by atoms with van der Waals surface area (Å²) in [5.74, 6) is -0.861. The van der Waals surface area contributed by atoms with Gasteiger partial charge in [-0.3, -0.25) is 19.7 Å². The predicted molar refractivity (Wildman–Crippen MR) is 91.6 cm³/mol. The maximum atomic E-state index is 12.2. The van der Waals surface area contributed by atoms with Crippen LogP contribution in [0.2, 0.25) is 0 Å². The van der Waals surface area contributed by atoms with Crippen molar-refractivity contribution in [3.05, 3.63) is 57.3 Å². The van der Waals surface area contributed by atoms with Gasteiger partial charge in [-0.05, 0) is 48.1 Å². The van der Waals surface area contributed by atoms with Crippen LogP contribution in [0.1, 0.15) is 32.8 Å². The minimum atomic E-state index is -0.306. The Balaban J connectivity index is 1.57. The number of rotatable bonds is 5. The molecule has 5 nitrogen and oxygen atoms in total. The topological polar surface area (TPSA) is 75.3 Å². The molecule has 1 aliphatic heterocycles. The van der Waals surface area contributed by atoms with Gasteiger partial charge in [0.2, 0.25) is 11.8 Å². The predicted octanol–water partition coefficient (Wildman–Crippen LogP) is 2.19. The van der Waals surface area contributed by atoms with Crippen molar-refractivity contribution in [3.8, 4) is 0 Å². The highest BCUT2D eigenvalue weighted by Crippen LogP contribution is 2.18. The monoisotopic (exact) mass is 342 g/mol. The van der Waals surface area contributed by atoms with E-state index in [2.05, 4.69) is 10.6 Å². The Morgan fingerprint density at radius 1 is 1.25 bits per heavy atom. The van der Waals surface area contributed by atoms with Crippen molar-refractivity contribution in [2.24, 2.45) is 5.92 Å². The summed E-state index contributed by atoms with van der Waals surface area (Å²) in [4.78, 5) is 36.1. The Morgan fingerprint density at radius 2 is 2.00 bits per heavy atom. The molecule has 0 aliphatic carbocycles. The average molecular weight is 342 g/mol. The zero-order chi connectivity index (χ0) is 17.1. The number of benzene rings is 1. The van der Waals surface area contributed by atoms with Gasteiger partial charge in [-0.1, -0.05) is 12.1 Å². The first-order valence-corrected chi connectivity index (χ1v) is 8.64. The minimum absolute atomic E-state index is 0.122. The normalized spacial score (nSPS) is 17.0. The maximum absolute atomic E-state index is 12.2. The SMILES string of the molecule is Cc1ccsc1CNC(=O)c1ccc(CC2CC(=O)NC2=O)cc1. The Bertz CT molecular complexity index is 780. The largest absolute Gasteiger partial charge is 0.347 e. The van der Waals surface area contributed by atoms with Crippen molar-refractivity contribution in [3.63, 3.8) is 0 Å². The maximum Gasteiger partial charge on any atom is 0.251 e. The minimum Gasteiger partial charge on any atom is -0.347 e. The van der Waals surface area contributed by atoms with Crippen LogP contribution < -0.4 is 10.6 Å². The number of thiophene rings is 1. The van der Waals surface area contributed by atoms with Gasteiger partial charge in [0.05, 0.1) is 12.5 Å². The third-order valence-electron chi connectivity index (χ3n) is 4.14. The highest BCUT2D eigenvalue weighted by atomic mass is 32.1. The number of imide groups is 1. The smallest absolute Gasteiger partial charge is 0.251 e. The molecule has 1 aliphatic rings. The van der Waals surface area contributed by atoms with Crippen LogP contribution in [-0.2, 0) is 22.6 Å². The Hall–Kier alpha value is -2.47. The van der Waals surface area contributed by atoms with Crippen LogP contribution in [0.4, 0.5) is 0 Å². The van der Waals surface area contributed by atoms with E-state index in [0.29, 0.717) is 18.5 Å². The molecule has 0 bridgehead atoms. The molecule has 0 spiro atoms. The van der Waals surface area contributed by atoms with Crippen molar-refractivity contribution in [1.82, 2.24) is 10.6 Å². The fraction of sp³-hybridized carbons (Fsp3) is 0.278. The Morgan fingerprint density at radius 3 is 2.58 bits per heavy atom. The zero-order valence-electron chi connectivity index (χ0n) is 13.3. The average Bonchev–Trinajstić information content (AvgIpc) is 3.11. The van der Waals surface area contributed by atoms with E-state index in [1.165, 1.54) is 5.56 Å². The Labute approximate surface area is 144 Å². The van der Waals surface area contributed by atoms with Crippen LogP contribution in [0.5, 0.6) is 0 Å². The van der Waals surface area contributed by atoms with Crippen LogP contribution in [0, 0.1) is 12.8 Å². The summed E-state index contributed by atoms with van der Waals surface area (Å²) in [5, 5.41) is 7.23. The number of aryl methyl sites for hydroxylation is 1. The number of carbonyl (C=O) groups excluding carboxylic acids is 3. The molecule has 3 rings (SSSR count). The lowest BCUT2D eigenvalue weighted by atomic mass is 9.97. The lowest BCUT2D eigenvalue weighted by molar-refractivity contribution is -0.125. The quantitative estimate of drug-likeness (QED) is 0.818. The molecule has 3 amide bonds. The summed E-state index contributed by atoms with van der Waals surface area (Å²) in [5.41, 5.74) is 2.70. The molecule has 1 aromatic carbocycles. The van der Waals surface area contributed by atoms with Crippen molar-refractivity contribution in [2.45, 2.75) is 26.3 Å². The summed E-state index contributed by atoms with van der Waals surface area (Å²) >= 11 is 1.63. The molecule has 0 saturated carbocycles. The van der Waals surface area contributed by atoms with Crippen LogP contribution in [-0.4, -0.2) is 17.7 Å². The van der Waals surface area contributed by atoms with Crippen molar-refractivity contribution < 1.29 is 14.4 Å². The van der Waals surface area contributed by atoms with Gasteiger partial charge in [-0.15, -0.1) is 11.3 Å². The number of hydrogen-bond donors (Lipinski definition) is 2. The van der Waals surface area contributed by atoms with E-state index in [1.54, 1.807) is 23.5 Å². The van der Waals surface area contributed by atoms with Gasteiger partial charge in [-0.25, -0.2) is 0 Å². The van der Waals surface area contributed by atoms with Gasteiger partial charge in [0.15, 0.2) is 0 Å². The molecule has 2 N–H and O–H groups in total. The van der Waals surface area contributed by atoms with Crippen molar-refractivity contribution >= 4 is 29.1 Å². The third kappa shape index (κ3) is 3.71. The van der Waals surface area contributed by atoms with E-state index >= 15 is 0 Å². The lowest BCUT2D eigenvalue weighted by Gasteiger charge is -2.08. The number of nitrogens with one attached hydrogen (secondary N) is 2. The van der Waals surface area contributed by atoms with Crippen molar-refractivity contribution in [1.29, 1.82) is 0 Å². The first-order chi connectivity index (χ1) is 11.5. The third-order valence-corrected chi connectivity index (χ3v) is 5.16. The second-order valence-corrected chi connectivity index (χ2v) is 6.92.